The zero-order chi connectivity index (χ0) is 15.0. The molecule has 0 bridgehead atoms. The molecule has 106 valence electrons. The van der Waals surface area contributed by atoms with Crippen molar-refractivity contribution in [1.29, 1.82) is 0 Å². The fourth-order valence-electron chi connectivity index (χ4n) is 2.66. The lowest BCUT2D eigenvalue weighted by Crippen LogP contribution is -2.05. The van der Waals surface area contributed by atoms with E-state index in [-0.39, 0.29) is 5.63 Å². The van der Waals surface area contributed by atoms with E-state index in [0.29, 0.717) is 17.1 Å². The zero-order valence-corrected chi connectivity index (χ0v) is 12.5. The van der Waals surface area contributed by atoms with Crippen LogP contribution < -0.4 is 5.63 Å². The van der Waals surface area contributed by atoms with Crippen molar-refractivity contribution in [1.82, 2.24) is 0 Å². The van der Waals surface area contributed by atoms with Crippen LogP contribution in [0, 0.1) is 6.92 Å². The summed E-state index contributed by atoms with van der Waals surface area (Å²) in [6.45, 7) is 6.31. The molecule has 0 radical (unpaired) electrons. The second-order valence-corrected chi connectivity index (χ2v) is 5.73. The molecule has 3 rings (SSSR count). The maximum atomic E-state index is 12.4. The zero-order valence-electron chi connectivity index (χ0n) is 12.5. The molecule has 0 aliphatic heterocycles. The van der Waals surface area contributed by atoms with Gasteiger partial charge in [0.2, 0.25) is 0 Å². The van der Waals surface area contributed by atoms with Gasteiger partial charge in [-0.05, 0) is 36.1 Å². The molecule has 0 atom stereocenters. The first-order valence-electron chi connectivity index (χ1n) is 7.20. The molecule has 0 amide bonds. The lowest BCUT2D eigenvalue weighted by Gasteiger charge is -2.13. The Hall–Kier alpha value is -2.35. The Bertz CT molecular complexity index is 857. The summed E-state index contributed by atoms with van der Waals surface area (Å²) in [6, 6.07) is 15.8. The summed E-state index contributed by atoms with van der Waals surface area (Å²) in [5, 5.41) is 0.948. The summed E-state index contributed by atoms with van der Waals surface area (Å²) in [6.07, 6.45) is 0. The minimum Gasteiger partial charge on any atom is -0.422 e. The average Bonchev–Trinajstić information content (AvgIpc) is 2.46. The van der Waals surface area contributed by atoms with Crippen LogP contribution in [0.5, 0.6) is 0 Å². The van der Waals surface area contributed by atoms with Gasteiger partial charge in [-0.3, -0.25) is 0 Å². The third-order valence-electron chi connectivity index (χ3n) is 3.76. The predicted octanol–water partition coefficient (Wildman–Crippen LogP) is 4.89. The first-order valence-corrected chi connectivity index (χ1v) is 7.20. The van der Waals surface area contributed by atoms with Gasteiger partial charge in [0.05, 0.1) is 5.56 Å². The monoisotopic (exact) mass is 278 g/mol. The molecule has 0 aliphatic rings. The smallest absolute Gasteiger partial charge is 0.344 e. The van der Waals surface area contributed by atoms with Crippen LogP contribution in [0.25, 0.3) is 22.1 Å². The topological polar surface area (TPSA) is 30.2 Å². The van der Waals surface area contributed by atoms with Crippen molar-refractivity contribution in [3.8, 4) is 11.1 Å². The van der Waals surface area contributed by atoms with Gasteiger partial charge in [0, 0.05) is 5.39 Å². The molecule has 0 fully saturated rings. The highest BCUT2D eigenvalue weighted by atomic mass is 16.4. The van der Waals surface area contributed by atoms with Crippen LogP contribution in [0.1, 0.15) is 30.9 Å². The Kier molecular flexibility index (Phi) is 3.38. The van der Waals surface area contributed by atoms with Crippen LogP contribution in [0.3, 0.4) is 0 Å². The Morgan fingerprint density at radius 3 is 2.48 bits per heavy atom. The Balaban J connectivity index is 2.32. The number of hydrogen-bond donors (Lipinski definition) is 0. The van der Waals surface area contributed by atoms with E-state index < -0.39 is 0 Å². The molecule has 1 aromatic heterocycles. The lowest BCUT2D eigenvalue weighted by atomic mass is 9.91. The minimum absolute atomic E-state index is 0.277. The van der Waals surface area contributed by atoms with Gasteiger partial charge in [-0.2, -0.15) is 0 Å². The average molecular weight is 278 g/mol. The molecule has 0 saturated heterocycles. The summed E-state index contributed by atoms with van der Waals surface area (Å²) in [4.78, 5) is 12.4. The second kappa shape index (κ2) is 5.21. The van der Waals surface area contributed by atoms with Gasteiger partial charge in [-0.1, -0.05) is 55.8 Å². The van der Waals surface area contributed by atoms with E-state index in [4.69, 9.17) is 4.42 Å². The molecule has 1 heterocycles. The van der Waals surface area contributed by atoms with E-state index >= 15 is 0 Å². The maximum absolute atomic E-state index is 12.4. The third kappa shape index (κ3) is 2.49. The Morgan fingerprint density at radius 1 is 0.952 bits per heavy atom. The molecule has 21 heavy (non-hydrogen) atoms. The third-order valence-corrected chi connectivity index (χ3v) is 3.76. The molecule has 0 spiro atoms. The van der Waals surface area contributed by atoms with E-state index in [9.17, 15) is 4.79 Å². The van der Waals surface area contributed by atoms with Crippen molar-refractivity contribution in [2.24, 2.45) is 0 Å². The van der Waals surface area contributed by atoms with Crippen LogP contribution in [0.2, 0.25) is 0 Å². The van der Waals surface area contributed by atoms with Crippen LogP contribution in [0.15, 0.2) is 57.7 Å². The van der Waals surface area contributed by atoms with Crippen molar-refractivity contribution in [2.45, 2.75) is 26.7 Å². The minimum atomic E-state index is -0.277. The largest absolute Gasteiger partial charge is 0.422 e. The first-order chi connectivity index (χ1) is 10.1. The molecule has 2 aromatic carbocycles. The molecule has 0 unspecified atom stereocenters. The van der Waals surface area contributed by atoms with Gasteiger partial charge >= 0.3 is 5.63 Å². The summed E-state index contributed by atoms with van der Waals surface area (Å²) >= 11 is 0. The fourth-order valence-corrected chi connectivity index (χ4v) is 2.66. The van der Waals surface area contributed by atoms with Crippen LogP contribution in [0.4, 0.5) is 0 Å². The van der Waals surface area contributed by atoms with Gasteiger partial charge in [-0.25, -0.2) is 4.79 Å². The van der Waals surface area contributed by atoms with E-state index in [0.717, 1.165) is 16.5 Å². The molecule has 2 heteroatoms. The molecular formula is C19H18O2. The van der Waals surface area contributed by atoms with E-state index in [1.807, 2.05) is 37.3 Å². The van der Waals surface area contributed by atoms with E-state index in [1.54, 1.807) is 0 Å². The highest BCUT2D eigenvalue weighted by molar-refractivity contribution is 5.82. The van der Waals surface area contributed by atoms with Crippen LogP contribution >= 0.6 is 0 Å². The SMILES string of the molecule is Cc1ccc(C(C)C)c(-c2cc3ccccc3oc2=O)c1. The molecular weight excluding hydrogens is 260 g/mol. The number of aryl methyl sites for hydroxylation is 1. The number of rotatable bonds is 2. The first kappa shape index (κ1) is 13.6. The van der Waals surface area contributed by atoms with Crippen molar-refractivity contribution in [3.63, 3.8) is 0 Å². The molecule has 3 aromatic rings. The van der Waals surface area contributed by atoms with Crippen LogP contribution in [-0.2, 0) is 0 Å². The number of benzene rings is 2. The summed E-state index contributed by atoms with van der Waals surface area (Å²) in [5.74, 6) is 0.353. The predicted molar refractivity (Wildman–Crippen MR) is 86.7 cm³/mol. The molecule has 0 aliphatic carbocycles. The Morgan fingerprint density at radius 2 is 1.71 bits per heavy atom. The molecule has 0 N–H and O–H groups in total. The highest BCUT2D eigenvalue weighted by Crippen LogP contribution is 2.29. The van der Waals surface area contributed by atoms with Gasteiger partial charge in [0.25, 0.3) is 0 Å². The fraction of sp³-hybridized carbons (Fsp3) is 0.211. The van der Waals surface area contributed by atoms with Gasteiger partial charge in [0.1, 0.15) is 5.58 Å². The van der Waals surface area contributed by atoms with E-state index in [1.165, 1.54) is 5.56 Å². The van der Waals surface area contributed by atoms with Crippen molar-refractivity contribution >= 4 is 11.0 Å². The van der Waals surface area contributed by atoms with Crippen LogP contribution in [-0.4, -0.2) is 0 Å². The standard InChI is InChI=1S/C19H18O2/c1-12(2)15-9-8-13(3)10-16(15)17-11-14-6-4-5-7-18(14)21-19(17)20/h4-12H,1-3H3. The van der Waals surface area contributed by atoms with Gasteiger partial charge in [0.15, 0.2) is 0 Å². The molecule has 2 nitrogen and oxygen atoms in total. The van der Waals surface area contributed by atoms with Gasteiger partial charge in [-0.15, -0.1) is 0 Å². The maximum Gasteiger partial charge on any atom is 0.344 e. The normalized spacial score (nSPS) is 11.2. The summed E-state index contributed by atoms with van der Waals surface area (Å²) in [5.41, 5.74) is 4.28. The van der Waals surface area contributed by atoms with Gasteiger partial charge < -0.3 is 4.42 Å². The number of hydrogen-bond acceptors (Lipinski definition) is 2. The summed E-state index contributed by atoms with van der Waals surface area (Å²) < 4.78 is 5.47. The number of para-hydroxylation sites is 1. The van der Waals surface area contributed by atoms with Crippen molar-refractivity contribution in [3.05, 3.63) is 70.1 Å². The summed E-state index contributed by atoms with van der Waals surface area (Å²) in [7, 11) is 0. The highest BCUT2D eigenvalue weighted by Gasteiger charge is 2.14. The Labute approximate surface area is 124 Å². The van der Waals surface area contributed by atoms with Crippen molar-refractivity contribution in [2.75, 3.05) is 0 Å². The van der Waals surface area contributed by atoms with Crippen molar-refractivity contribution < 1.29 is 4.42 Å². The number of fused-ring (bicyclic) bond motifs is 1. The second-order valence-electron chi connectivity index (χ2n) is 5.73. The van der Waals surface area contributed by atoms with E-state index in [2.05, 4.69) is 32.0 Å². The quantitative estimate of drug-likeness (QED) is 0.625. The molecule has 0 saturated carbocycles. The lowest BCUT2D eigenvalue weighted by molar-refractivity contribution is 0.563.